The van der Waals surface area contributed by atoms with Crippen LogP contribution in [0.1, 0.15) is 12.8 Å². The Kier molecular flexibility index (Phi) is 3.93. The van der Waals surface area contributed by atoms with Crippen LogP contribution in [-0.4, -0.2) is 7.05 Å². The number of hydrogen-bond donors (Lipinski definition) is 1. The Morgan fingerprint density at radius 2 is 1.60 bits per heavy atom. The zero-order valence-corrected chi connectivity index (χ0v) is 3.57. The van der Waals surface area contributed by atoms with Crippen molar-refractivity contribution in [3.8, 4) is 0 Å². The number of nitrogens with two attached hydrogens (primary N) is 1. The molecule has 0 bridgehead atoms. The molecule has 1 aliphatic carbocycles. The van der Waals surface area contributed by atoms with Crippen LogP contribution in [0.25, 0.3) is 0 Å². The Labute approximate surface area is 33.2 Å². The van der Waals surface area contributed by atoms with Crippen molar-refractivity contribution >= 4 is 0 Å². The summed E-state index contributed by atoms with van der Waals surface area (Å²) in [4.78, 5) is 0. The van der Waals surface area contributed by atoms with Crippen molar-refractivity contribution in [1.82, 2.24) is 0 Å². The molecule has 0 aliphatic heterocycles. The van der Waals surface area contributed by atoms with Gasteiger partial charge in [0.25, 0.3) is 0 Å². The van der Waals surface area contributed by atoms with Crippen molar-refractivity contribution in [2.75, 3.05) is 7.05 Å². The van der Waals surface area contributed by atoms with Crippen molar-refractivity contribution < 1.29 is 0 Å². The first-order valence-corrected chi connectivity index (χ1v) is 1.89. The third-order valence-corrected chi connectivity index (χ3v) is 0.289. The second-order valence-electron chi connectivity index (χ2n) is 0.866. The molecule has 1 heteroatoms. The van der Waals surface area contributed by atoms with Gasteiger partial charge >= 0.3 is 0 Å². The van der Waals surface area contributed by atoms with E-state index in [4.69, 9.17) is 0 Å². The van der Waals surface area contributed by atoms with Crippen LogP contribution in [0.3, 0.4) is 0 Å². The van der Waals surface area contributed by atoms with Crippen molar-refractivity contribution in [2.45, 2.75) is 12.8 Å². The monoisotopic (exact) mass is 72.1 g/mol. The minimum Gasteiger partial charge on any atom is -0.333 e. The van der Waals surface area contributed by atoms with Crippen LogP contribution in [-0.2, 0) is 0 Å². The van der Waals surface area contributed by atoms with E-state index >= 15 is 0 Å². The summed E-state index contributed by atoms with van der Waals surface area (Å²) in [5.74, 6) is 0. The van der Waals surface area contributed by atoms with Crippen LogP contribution in [0.5, 0.6) is 0 Å². The summed E-state index contributed by atoms with van der Waals surface area (Å²) in [6.07, 6.45) is 5.00. The fourth-order valence-electron chi connectivity index (χ4n) is 0. The highest BCUT2D eigenvalue weighted by Gasteiger charge is 1.95. The third-order valence-electron chi connectivity index (χ3n) is 0.289. The van der Waals surface area contributed by atoms with Gasteiger partial charge < -0.3 is 5.73 Å². The topological polar surface area (TPSA) is 26.0 Å². The molecule has 1 radical (unpaired) electrons. The Bertz CT molecular complexity index is 8.36. The van der Waals surface area contributed by atoms with Crippen molar-refractivity contribution in [3.63, 3.8) is 0 Å². The first-order valence-electron chi connectivity index (χ1n) is 1.89. The molecule has 1 aliphatic rings. The van der Waals surface area contributed by atoms with Crippen LogP contribution < -0.4 is 5.73 Å². The number of rotatable bonds is 0. The molecule has 0 amide bonds. The molecular weight excluding hydrogens is 62.1 g/mol. The average Bonchev–Trinajstić information content (AvgIpc) is 2.19. The summed E-state index contributed by atoms with van der Waals surface area (Å²) in [5, 5.41) is 0. The maximum atomic E-state index is 4.50. The standard InChI is InChI=1S/C3H5.CH5N/c1-2-3-1;1-2/h1H,2-3H2;2H2,1H3. The van der Waals surface area contributed by atoms with E-state index in [1.807, 2.05) is 0 Å². The molecule has 0 unspecified atom stereocenters. The summed E-state index contributed by atoms with van der Waals surface area (Å²) in [6, 6.07) is 0. The summed E-state index contributed by atoms with van der Waals surface area (Å²) < 4.78 is 0. The summed E-state index contributed by atoms with van der Waals surface area (Å²) in [6.45, 7) is 0. The third kappa shape index (κ3) is 16.5. The van der Waals surface area contributed by atoms with Gasteiger partial charge in [-0.15, -0.1) is 0 Å². The van der Waals surface area contributed by atoms with Crippen LogP contribution in [0.2, 0.25) is 0 Å². The lowest BCUT2D eigenvalue weighted by molar-refractivity contribution is 1.48. The summed E-state index contributed by atoms with van der Waals surface area (Å²) in [7, 11) is 1.50. The van der Waals surface area contributed by atoms with Gasteiger partial charge in [-0.3, -0.25) is 0 Å². The molecule has 0 aromatic carbocycles. The van der Waals surface area contributed by atoms with Gasteiger partial charge in [0.05, 0.1) is 0 Å². The number of hydrogen-bond acceptors (Lipinski definition) is 1. The lowest BCUT2D eigenvalue weighted by atomic mass is 11.0. The average molecular weight is 72.1 g/mol. The highest BCUT2D eigenvalue weighted by Crippen LogP contribution is 2.12. The van der Waals surface area contributed by atoms with Crippen LogP contribution in [0, 0.1) is 6.42 Å². The van der Waals surface area contributed by atoms with Gasteiger partial charge in [0.2, 0.25) is 0 Å². The van der Waals surface area contributed by atoms with Crippen molar-refractivity contribution in [1.29, 1.82) is 0 Å². The summed E-state index contributed by atoms with van der Waals surface area (Å²) in [5.41, 5.74) is 4.50. The van der Waals surface area contributed by atoms with E-state index in [0.717, 1.165) is 0 Å². The SMILES string of the molecule is CN.[CH]1CC1. The highest BCUT2D eigenvalue weighted by molar-refractivity contribution is 4.79. The lowest BCUT2D eigenvalue weighted by Crippen LogP contribution is -1.69. The van der Waals surface area contributed by atoms with Gasteiger partial charge in [0.1, 0.15) is 0 Å². The molecule has 1 saturated carbocycles. The first-order chi connectivity index (χ1) is 2.50. The quantitative estimate of drug-likeness (QED) is 0.444. The van der Waals surface area contributed by atoms with E-state index in [-0.39, 0.29) is 0 Å². The highest BCUT2D eigenvalue weighted by atomic mass is 14.4. The minimum absolute atomic E-state index is 1.38. The maximum absolute atomic E-state index is 4.50. The van der Waals surface area contributed by atoms with E-state index < -0.39 is 0 Å². The molecule has 0 atom stereocenters. The molecule has 0 aromatic rings. The summed E-state index contributed by atoms with van der Waals surface area (Å²) >= 11 is 0. The Morgan fingerprint density at radius 3 is 1.60 bits per heavy atom. The zero-order valence-electron chi connectivity index (χ0n) is 3.57. The van der Waals surface area contributed by atoms with E-state index in [1.165, 1.54) is 19.9 Å². The van der Waals surface area contributed by atoms with Crippen LogP contribution in [0.4, 0.5) is 0 Å². The molecule has 5 heavy (non-hydrogen) atoms. The fourth-order valence-corrected chi connectivity index (χ4v) is 0. The molecule has 1 fully saturated rings. The van der Waals surface area contributed by atoms with Gasteiger partial charge in [0, 0.05) is 0 Å². The molecular formula is C4H10N. The predicted octanol–water partition coefficient (Wildman–Crippen LogP) is 0.559. The molecule has 0 aromatic heterocycles. The van der Waals surface area contributed by atoms with Gasteiger partial charge in [-0.2, -0.15) is 0 Å². The zero-order chi connectivity index (χ0) is 4.12. The van der Waals surface area contributed by atoms with E-state index in [0.29, 0.717) is 0 Å². The lowest BCUT2D eigenvalue weighted by Gasteiger charge is -1.19. The minimum atomic E-state index is 1.38. The fraction of sp³-hybridized carbons (Fsp3) is 0.750. The largest absolute Gasteiger partial charge is 0.333 e. The molecule has 0 heterocycles. The second kappa shape index (κ2) is 3.96. The normalized spacial score (nSPS) is 15.6. The molecule has 0 saturated heterocycles. The van der Waals surface area contributed by atoms with E-state index in [9.17, 15) is 0 Å². The van der Waals surface area contributed by atoms with Gasteiger partial charge in [-0.05, 0) is 26.3 Å². The Morgan fingerprint density at radius 1 is 1.40 bits per heavy atom. The van der Waals surface area contributed by atoms with Gasteiger partial charge in [-0.1, -0.05) is 0 Å². The van der Waals surface area contributed by atoms with E-state index in [1.54, 1.807) is 0 Å². The van der Waals surface area contributed by atoms with E-state index in [2.05, 4.69) is 12.2 Å². The smallest absolute Gasteiger partial charge is 0.0195 e. The first kappa shape index (κ1) is 4.96. The Hall–Kier alpha value is -0.0400. The molecule has 1 nitrogen and oxygen atoms in total. The van der Waals surface area contributed by atoms with Crippen molar-refractivity contribution in [2.24, 2.45) is 5.73 Å². The van der Waals surface area contributed by atoms with Crippen molar-refractivity contribution in [3.05, 3.63) is 6.42 Å². The van der Waals surface area contributed by atoms with Gasteiger partial charge in [0.15, 0.2) is 0 Å². The van der Waals surface area contributed by atoms with Crippen LogP contribution >= 0.6 is 0 Å². The molecule has 2 N–H and O–H groups in total. The molecule has 31 valence electrons. The second-order valence-corrected chi connectivity index (χ2v) is 0.866. The maximum Gasteiger partial charge on any atom is -0.0195 e. The predicted molar refractivity (Wildman–Crippen MR) is 23.6 cm³/mol. The molecule has 1 rings (SSSR count). The van der Waals surface area contributed by atoms with Gasteiger partial charge in [-0.25, -0.2) is 0 Å². The van der Waals surface area contributed by atoms with Crippen LogP contribution in [0.15, 0.2) is 0 Å². The Balaban J connectivity index is 0.0000000733. The molecule has 0 spiro atoms.